The molecule has 0 saturated carbocycles. The average molecular weight is 403 g/mol. The lowest BCUT2D eigenvalue weighted by Crippen LogP contribution is -2.39. The first-order valence-corrected chi connectivity index (χ1v) is 10.3. The monoisotopic (exact) mass is 402 g/mol. The normalized spacial score (nSPS) is 11.9. The van der Waals surface area contributed by atoms with E-state index in [4.69, 9.17) is 15.5 Å². The van der Waals surface area contributed by atoms with Gasteiger partial charge in [0.2, 0.25) is 0 Å². The van der Waals surface area contributed by atoms with Gasteiger partial charge in [0.15, 0.2) is 12.6 Å². The Morgan fingerprint density at radius 1 is 1.21 bits per heavy atom. The zero-order valence-electron chi connectivity index (χ0n) is 16.8. The van der Waals surface area contributed by atoms with Crippen molar-refractivity contribution in [2.75, 3.05) is 26.2 Å². The van der Waals surface area contributed by atoms with Gasteiger partial charge in [0.1, 0.15) is 5.75 Å². The van der Waals surface area contributed by atoms with Crippen molar-refractivity contribution in [2.24, 2.45) is 10.7 Å². The number of nitrogens with two attached hydrogens (primary N) is 1. The van der Waals surface area contributed by atoms with Gasteiger partial charge >= 0.3 is 0 Å². The number of aliphatic imine (C=N–C) groups is 1. The van der Waals surface area contributed by atoms with Crippen molar-refractivity contribution in [1.29, 1.82) is 0 Å². The maximum Gasteiger partial charge on any atom is 0.255 e. The molecule has 7 heteroatoms. The van der Waals surface area contributed by atoms with Crippen molar-refractivity contribution >= 4 is 23.2 Å². The fourth-order valence-corrected chi connectivity index (χ4v) is 3.44. The highest BCUT2D eigenvalue weighted by molar-refractivity contribution is 7.10. The highest BCUT2D eigenvalue weighted by Gasteiger charge is 2.21. The Balaban J connectivity index is 1.84. The van der Waals surface area contributed by atoms with Crippen molar-refractivity contribution < 1.29 is 9.53 Å². The summed E-state index contributed by atoms with van der Waals surface area (Å²) in [7, 11) is 0. The number of hydrogen-bond donors (Lipinski definition) is 3. The fraction of sp³-hybridized carbons (Fsp3) is 0.429. The molecule has 152 valence electrons. The third kappa shape index (κ3) is 7.23. The molecule has 1 heterocycles. The molecule has 1 aromatic heterocycles. The summed E-state index contributed by atoms with van der Waals surface area (Å²) in [5, 5.41) is 8.80. The molecule has 28 heavy (non-hydrogen) atoms. The molecule has 0 bridgehead atoms. The number of rotatable bonds is 10. The third-order valence-electron chi connectivity index (χ3n) is 4.18. The van der Waals surface area contributed by atoms with Gasteiger partial charge in [-0.2, -0.15) is 0 Å². The highest BCUT2D eigenvalue weighted by Crippen LogP contribution is 2.27. The predicted molar refractivity (Wildman–Crippen MR) is 116 cm³/mol. The molecular weight excluding hydrogens is 372 g/mol. The zero-order chi connectivity index (χ0) is 20.4. The molecule has 0 fully saturated rings. The average Bonchev–Trinajstić information content (AvgIpc) is 3.21. The summed E-state index contributed by atoms with van der Waals surface area (Å²) in [6.45, 7) is 8.69. The van der Waals surface area contributed by atoms with Crippen LogP contribution in [-0.4, -0.2) is 38.1 Å². The number of thiophene rings is 1. The first-order valence-electron chi connectivity index (χ1n) is 9.47. The van der Waals surface area contributed by atoms with Crippen LogP contribution in [0.25, 0.3) is 0 Å². The van der Waals surface area contributed by atoms with Crippen molar-refractivity contribution in [1.82, 2.24) is 10.6 Å². The van der Waals surface area contributed by atoms with Crippen LogP contribution in [0.4, 0.5) is 0 Å². The number of nitrogens with zero attached hydrogens (tertiary/aromatic N) is 1. The van der Waals surface area contributed by atoms with Crippen LogP contribution in [0, 0.1) is 0 Å². The van der Waals surface area contributed by atoms with E-state index in [0.717, 1.165) is 32.0 Å². The maximum atomic E-state index is 10.8. The molecule has 0 unspecified atom stereocenters. The minimum atomic E-state index is -0.481. The van der Waals surface area contributed by atoms with E-state index in [1.165, 1.54) is 10.4 Å². The number of ether oxygens (including phenoxy) is 1. The van der Waals surface area contributed by atoms with E-state index in [9.17, 15) is 4.79 Å². The summed E-state index contributed by atoms with van der Waals surface area (Å²) in [5.41, 5.74) is 6.26. The molecule has 4 N–H and O–H groups in total. The Bertz CT molecular complexity index is 755. The largest absolute Gasteiger partial charge is 0.484 e. The van der Waals surface area contributed by atoms with Crippen molar-refractivity contribution in [3.8, 4) is 5.75 Å². The Kier molecular flexibility index (Phi) is 8.32. The first-order chi connectivity index (χ1) is 13.4. The van der Waals surface area contributed by atoms with Gasteiger partial charge in [-0.25, -0.2) is 0 Å². The van der Waals surface area contributed by atoms with Gasteiger partial charge in [0.25, 0.3) is 5.91 Å². The number of carbonyl (C=O) groups is 1. The van der Waals surface area contributed by atoms with Gasteiger partial charge in [0.05, 0.1) is 6.54 Å². The van der Waals surface area contributed by atoms with Crippen molar-refractivity contribution in [3.63, 3.8) is 0 Å². The molecule has 1 amide bonds. The van der Waals surface area contributed by atoms with Crippen LogP contribution in [0.3, 0.4) is 0 Å². The fourth-order valence-electron chi connectivity index (χ4n) is 2.59. The van der Waals surface area contributed by atoms with Crippen LogP contribution in [0.15, 0.2) is 46.8 Å². The number of benzene rings is 1. The first kappa shape index (κ1) is 21.8. The highest BCUT2D eigenvalue weighted by atomic mass is 32.1. The van der Waals surface area contributed by atoms with Crippen LogP contribution in [0.5, 0.6) is 5.75 Å². The standard InChI is InChI=1S/C21H30N4O2S/c1-4-23-20(25-15-21(2,3)18-6-5-13-28-18)24-12-11-16-7-9-17(10-8-16)27-14-19(22)26/h5-10,13H,4,11-12,14-15H2,1-3H3,(H2,22,26)(H2,23,24,25). The van der Waals surface area contributed by atoms with E-state index in [1.54, 1.807) is 11.3 Å². The lowest BCUT2D eigenvalue weighted by atomic mass is 9.92. The number of guanidine groups is 1. The summed E-state index contributed by atoms with van der Waals surface area (Å²) < 4.78 is 5.27. The van der Waals surface area contributed by atoms with E-state index < -0.39 is 5.91 Å². The van der Waals surface area contributed by atoms with Crippen LogP contribution >= 0.6 is 11.3 Å². The summed E-state index contributed by atoms with van der Waals surface area (Å²) >= 11 is 1.77. The number of amides is 1. The Morgan fingerprint density at radius 3 is 2.57 bits per heavy atom. The molecule has 0 aliphatic carbocycles. The Labute approximate surface area is 171 Å². The minimum Gasteiger partial charge on any atom is -0.484 e. The molecule has 0 radical (unpaired) electrons. The van der Waals surface area contributed by atoms with Crippen molar-refractivity contribution in [2.45, 2.75) is 32.6 Å². The quantitative estimate of drug-likeness (QED) is 0.421. The molecule has 0 aliphatic heterocycles. The van der Waals surface area contributed by atoms with Gasteiger partial charge in [0, 0.05) is 23.4 Å². The molecule has 0 spiro atoms. The summed E-state index contributed by atoms with van der Waals surface area (Å²) in [6.07, 6.45) is 0.856. The molecule has 0 saturated heterocycles. The van der Waals surface area contributed by atoms with Gasteiger partial charge in [-0.3, -0.25) is 9.79 Å². The Morgan fingerprint density at radius 2 is 1.96 bits per heavy atom. The number of hydrogen-bond acceptors (Lipinski definition) is 4. The minimum absolute atomic E-state index is 0.0112. The summed E-state index contributed by atoms with van der Waals surface area (Å²) in [5.74, 6) is 0.987. The second-order valence-corrected chi connectivity index (χ2v) is 8.08. The molecule has 2 aromatic rings. The molecule has 2 rings (SSSR count). The third-order valence-corrected chi connectivity index (χ3v) is 5.41. The molecule has 0 atom stereocenters. The smallest absolute Gasteiger partial charge is 0.255 e. The van der Waals surface area contributed by atoms with Crippen LogP contribution in [0.2, 0.25) is 0 Å². The topological polar surface area (TPSA) is 88.7 Å². The predicted octanol–water partition coefficient (Wildman–Crippen LogP) is 2.69. The number of carbonyl (C=O) groups excluding carboxylic acids is 1. The Hall–Kier alpha value is -2.54. The second-order valence-electron chi connectivity index (χ2n) is 7.13. The van der Waals surface area contributed by atoms with Crippen molar-refractivity contribution in [3.05, 3.63) is 52.2 Å². The van der Waals surface area contributed by atoms with Gasteiger partial charge in [-0.1, -0.05) is 32.0 Å². The molecule has 6 nitrogen and oxygen atoms in total. The number of primary amides is 1. The molecular formula is C21H30N4O2S. The molecule has 0 aliphatic rings. The SMILES string of the molecule is CCNC(=NCC(C)(C)c1cccs1)NCCc1ccc(OCC(N)=O)cc1. The number of nitrogens with one attached hydrogen (secondary N) is 2. The van der Waals surface area contributed by atoms with Gasteiger partial charge in [-0.05, 0) is 42.5 Å². The van der Waals surface area contributed by atoms with Gasteiger partial charge in [-0.15, -0.1) is 11.3 Å². The molecule has 1 aromatic carbocycles. The van der Waals surface area contributed by atoms with Crippen LogP contribution in [0.1, 0.15) is 31.2 Å². The second kappa shape index (κ2) is 10.7. The van der Waals surface area contributed by atoms with E-state index in [1.807, 2.05) is 24.3 Å². The lowest BCUT2D eigenvalue weighted by molar-refractivity contribution is -0.119. The van der Waals surface area contributed by atoms with E-state index >= 15 is 0 Å². The van der Waals surface area contributed by atoms with Crippen LogP contribution < -0.4 is 21.1 Å². The maximum absolute atomic E-state index is 10.8. The van der Waals surface area contributed by atoms with Gasteiger partial charge < -0.3 is 21.1 Å². The van der Waals surface area contributed by atoms with E-state index in [2.05, 4.69) is 48.9 Å². The summed E-state index contributed by atoms with van der Waals surface area (Å²) in [6, 6.07) is 11.9. The van der Waals surface area contributed by atoms with E-state index in [0.29, 0.717) is 5.75 Å². The van der Waals surface area contributed by atoms with E-state index in [-0.39, 0.29) is 12.0 Å². The van der Waals surface area contributed by atoms with Crippen LogP contribution in [-0.2, 0) is 16.6 Å². The summed E-state index contributed by atoms with van der Waals surface area (Å²) in [4.78, 5) is 16.9. The zero-order valence-corrected chi connectivity index (χ0v) is 17.6. The lowest BCUT2D eigenvalue weighted by Gasteiger charge is -2.21.